The molecule has 1 saturated heterocycles. The number of aryl methyl sites for hydroxylation is 1. The van der Waals surface area contributed by atoms with Crippen LogP contribution < -0.4 is 5.32 Å². The van der Waals surface area contributed by atoms with Crippen LogP contribution in [-0.2, 0) is 0 Å². The van der Waals surface area contributed by atoms with Gasteiger partial charge in [-0.05, 0) is 71.8 Å². The number of rotatable bonds is 4. The van der Waals surface area contributed by atoms with Crippen molar-refractivity contribution in [3.05, 3.63) is 21.9 Å². The topological polar surface area (TPSA) is 15.3 Å². The SMILES string of the molecule is CNCC1CCCCN(C(C)C)C1c1ccc(C)s1. The van der Waals surface area contributed by atoms with E-state index in [1.807, 2.05) is 11.3 Å². The highest BCUT2D eigenvalue weighted by Crippen LogP contribution is 2.39. The second kappa shape index (κ2) is 6.87. The lowest BCUT2D eigenvalue weighted by Crippen LogP contribution is -2.40. The van der Waals surface area contributed by atoms with Crippen LogP contribution in [0.2, 0.25) is 0 Å². The zero-order valence-corrected chi connectivity index (χ0v) is 13.6. The monoisotopic (exact) mass is 280 g/mol. The molecule has 1 aromatic heterocycles. The molecule has 0 amide bonds. The minimum atomic E-state index is 0.605. The average Bonchev–Trinajstić information content (AvgIpc) is 2.67. The lowest BCUT2D eigenvalue weighted by atomic mass is 9.92. The van der Waals surface area contributed by atoms with Gasteiger partial charge >= 0.3 is 0 Å². The Morgan fingerprint density at radius 1 is 1.37 bits per heavy atom. The Balaban J connectivity index is 2.30. The van der Waals surface area contributed by atoms with Crippen LogP contribution in [0.1, 0.15) is 48.9 Å². The number of likely N-dealkylation sites (tertiary alicyclic amines) is 1. The molecule has 0 radical (unpaired) electrons. The highest BCUT2D eigenvalue weighted by atomic mass is 32.1. The summed E-state index contributed by atoms with van der Waals surface area (Å²) in [4.78, 5) is 5.72. The smallest absolute Gasteiger partial charge is 0.0484 e. The first kappa shape index (κ1) is 15.0. The predicted molar refractivity (Wildman–Crippen MR) is 84.9 cm³/mol. The van der Waals surface area contributed by atoms with E-state index in [4.69, 9.17) is 0 Å². The van der Waals surface area contributed by atoms with Gasteiger partial charge in [0.15, 0.2) is 0 Å². The van der Waals surface area contributed by atoms with E-state index in [1.54, 1.807) is 4.88 Å². The van der Waals surface area contributed by atoms with Gasteiger partial charge in [0.25, 0.3) is 0 Å². The molecule has 19 heavy (non-hydrogen) atoms. The van der Waals surface area contributed by atoms with Crippen molar-refractivity contribution in [2.75, 3.05) is 20.1 Å². The third-order valence-corrected chi connectivity index (χ3v) is 5.30. The van der Waals surface area contributed by atoms with Crippen LogP contribution in [0.15, 0.2) is 12.1 Å². The second-order valence-electron chi connectivity index (χ2n) is 6.04. The molecule has 2 atom stereocenters. The van der Waals surface area contributed by atoms with E-state index in [9.17, 15) is 0 Å². The van der Waals surface area contributed by atoms with Crippen molar-refractivity contribution in [1.29, 1.82) is 0 Å². The van der Waals surface area contributed by atoms with Crippen molar-refractivity contribution in [2.45, 2.75) is 52.1 Å². The standard InChI is InChI=1S/C16H28N2S/c1-12(2)18-10-6-5-7-14(11-17-4)16(18)15-9-8-13(3)19-15/h8-9,12,14,16-17H,5-7,10-11H2,1-4H3. The van der Waals surface area contributed by atoms with Gasteiger partial charge in [-0.2, -0.15) is 0 Å². The van der Waals surface area contributed by atoms with Gasteiger partial charge in [-0.15, -0.1) is 11.3 Å². The number of nitrogens with one attached hydrogen (secondary N) is 1. The van der Waals surface area contributed by atoms with Crippen LogP contribution in [0.5, 0.6) is 0 Å². The first-order valence-electron chi connectivity index (χ1n) is 7.60. The molecule has 1 fully saturated rings. The van der Waals surface area contributed by atoms with Crippen LogP contribution in [0.3, 0.4) is 0 Å². The van der Waals surface area contributed by atoms with Crippen molar-refractivity contribution in [2.24, 2.45) is 5.92 Å². The van der Waals surface area contributed by atoms with Crippen molar-refractivity contribution >= 4 is 11.3 Å². The third kappa shape index (κ3) is 3.59. The minimum Gasteiger partial charge on any atom is -0.319 e. The van der Waals surface area contributed by atoms with E-state index in [-0.39, 0.29) is 0 Å². The van der Waals surface area contributed by atoms with Crippen LogP contribution >= 0.6 is 11.3 Å². The van der Waals surface area contributed by atoms with Gasteiger partial charge in [-0.25, -0.2) is 0 Å². The van der Waals surface area contributed by atoms with E-state index in [0.29, 0.717) is 12.1 Å². The molecule has 0 bridgehead atoms. The molecule has 0 aromatic carbocycles. The molecule has 2 unspecified atom stereocenters. The Kier molecular flexibility index (Phi) is 5.43. The molecular formula is C16H28N2S. The Bertz CT molecular complexity index is 386. The summed E-state index contributed by atoms with van der Waals surface area (Å²) in [5.74, 6) is 0.743. The van der Waals surface area contributed by atoms with Gasteiger partial charge in [0, 0.05) is 21.8 Å². The predicted octanol–water partition coefficient (Wildman–Crippen LogP) is 3.83. The maximum atomic E-state index is 3.41. The lowest BCUT2D eigenvalue weighted by molar-refractivity contribution is 0.121. The zero-order chi connectivity index (χ0) is 13.8. The summed E-state index contributed by atoms with van der Waals surface area (Å²) >= 11 is 1.98. The van der Waals surface area contributed by atoms with E-state index in [2.05, 4.69) is 50.2 Å². The van der Waals surface area contributed by atoms with Gasteiger partial charge in [0.1, 0.15) is 0 Å². The van der Waals surface area contributed by atoms with Gasteiger partial charge in [-0.1, -0.05) is 6.42 Å². The molecule has 2 rings (SSSR count). The maximum absolute atomic E-state index is 3.41. The molecule has 2 heterocycles. The van der Waals surface area contributed by atoms with Crippen molar-refractivity contribution in [3.63, 3.8) is 0 Å². The Morgan fingerprint density at radius 2 is 2.16 bits per heavy atom. The molecule has 0 saturated carbocycles. The van der Waals surface area contributed by atoms with Crippen LogP contribution in [0.25, 0.3) is 0 Å². The number of hydrogen-bond acceptors (Lipinski definition) is 3. The summed E-state index contributed by atoms with van der Waals surface area (Å²) < 4.78 is 0. The second-order valence-corrected chi connectivity index (χ2v) is 7.36. The van der Waals surface area contributed by atoms with E-state index < -0.39 is 0 Å². The highest BCUT2D eigenvalue weighted by molar-refractivity contribution is 7.12. The van der Waals surface area contributed by atoms with E-state index in [0.717, 1.165) is 12.5 Å². The maximum Gasteiger partial charge on any atom is 0.0484 e. The van der Waals surface area contributed by atoms with Gasteiger partial charge in [0.05, 0.1) is 0 Å². The van der Waals surface area contributed by atoms with Crippen molar-refractivity contribution in [3.8, 4) is 0 Å². The first-order chi connectivity index (χ1) is 9.13. The molecule has 1 aliphatic heterocycles. The minimum absolute atomic E-state index is 0.605. The normalized spacial score (nSPS) is 25.7. The van der Waals surface area contributed by atoms with Gasteiger partial charge in [-0.3, -0.25) is 4.90 Å². The van der Waals surface area contributed by atoms with E-state index in [1.165, 1.54) is 30.7 Å². The largest absolute Gasteiger partial charge is 0.319 e. The first-order valence-corrected chi connectivity index (χ1v) is 8.41. The Labute approximate surface area is 122 Å². The fraction of sp³-hybridized carbons (Fsp3) is 0.750. The number of nitrogens with zero attached hydrogens (tertiary/aromatic N) is 1. The van der Waals surface area contributed by atoms with Gasteiger partial charge in [0.2, 0.25) is 0 Å². The lowest BCUT2D eigenvalue weighted by Gasteiger charge is -2.37. The molecule has 108 valence electrons. The Hall–Kier alpha value is -0.380. The fourth-order valence-corrected chi connectivity index (χ4v) is 4.42. The quantitative estimate of drug-likeness (QED) is 0.902. The summed E-state index contributed by atoms with van der Waals surface area (Å²) in [5, 5.41) is 3.41. The number of thiophene rings is 1. The van der Waals surface area contributed by atoms with Crippen molar-refractivity contribution < 1.29 is 0 Å². The van der Waals surface area contributed by atoms with Gasteiger partial charge < -0.3 is 5.32 Å². The molecular weight excluding hydrogens is 252 g/mol. The summed E-state index contributed by atoms with van der Waals surface area (Å²) in [6.07, 6.45) is 4.07. The highest BCUT2D eigenvalue weighted by Gasteiger charge is 2.32. The molecule has 0 spiro atoms. The molecule has 1 aliphatic rings. The van der Waals surface area contributed by atoms with Crippen LogP contribution in [0.4, 0.5) is 0 Å². The molecule has 1 N–H and O–H groups in total. The van der Waals surface area contributed by atoms with Crippen LogP contribution in [0, 0.1) is 12.8 Å². The Morgan fingerprint density at radius 3 is 2.74 bits per heavy atom. The molecule has 1 aromatic rings. The molecule has 0 aliphatic carbocycles. The fourth-order valence-electron chi connectivity index (χ4n) is 3.33. The summed E-state index contributed by atoms with van der Waals surface area (Å²) in [6, 6.07) is 5.87. The summed E-state index contributed by atoms with van der Waals surface area (Å²) in [6.45, 7) is 9.28. The average molecular weight is 280 g/mol. The van der Waals surface area contributed by atoms with E-state index >= 15 is 0 Å². The molecule has 2 nitrogen and oxygen atoms in total. The number of hydrogen-bond donors (Lipinski definition) is 1. The van der Waals surface area contributed by atoms with Crippen molar-refractivity contribution in [1.82, 2.24) is 10.2 Å². The zero-order valence-electron chi connectivity index (χ0n) is 12.8. The molecule has 3 heteroatoms. The third-order valence-electron chi connectivity index (χ3n) is 4.23. The summed E-state index contributed by atoms with van der Waals surface area (Å²) in [5.41, 5.74) is 0. The summed E-state index contributed by atoms with van der Waals surface area (Å²) in [7, 11) is 2.08. The van der Waals surface area contributed by atoms with Crippen LogP contribution in [-0.4, -0.2) is 31.1 Å².